The van der Waals surface area contributed by atoms with Crippen LogP contribution < -0.4 is 21.5 Å². The number of benzene rings is 1. The molecular formula is C16H18N6O4S. The quantitative estimate of drug-likeness (QED) is 0.521. The van der Waals surface area contributed by atoms with Crippen LogP contribution in [0.25, 0.3) is 5.65 Å². The zero-order valence-electron chi connectivity index (χ0n) is 14.2. The summed E-state index contributed by atoms with van der Waals surface area (Å²) in [6.07, 6.45) is 2.14. The van der Waals surface area contributed by atoms with Crippen molar-refractivity contribution in [1.29, 1.82) is 0 Å². The maximum absolute atomic E-state index is 12.1. The average molecular weight is 390 g/mol. The highest BCUT2D eigenvalue weighted by Crippen LogP contribution is 2.13. The predicted molar refractivity (Wildman–Crippen MR) is 98.9 cm³/mol. The van der Waals surface area contributed by atoms with Crippen LogP contribution in [0.1, 0.15) is 6.42 Å². The Bertz CT molecular complexity index is 1140. The molecule has 0 saturated carbocycles. The second-order valence-corrected chi connectivity index (χ2v) is 7.30. The molecule has 0 aliphatic heterocycles. The van der Waals surface area contributed by atoms with E-state index in [0.29, 0.717) is 30.8 Å². The summed E-state index contributed by atoms with van der Waals surface area (Å²) in [6.45, 7) is 0.655. The SMILES string of the molecule is NS(=O)(=O)c1cccc(NC(=O)NCCCn2nc3ccccn3c2=O)c1. The lowest BCUT2D eigenvalue weighted by atomic mass is 10.3. The van der Waals surface area contributed by atoms with Crippen LogP contribution in [0.4, 0.5) is 10.5 Å². The van der Waals surface area contributed by atoms with E-state index in [-0.39, 0.29) is 10.6 Å². The summed E-state index contributed by atoms with van der Waals surface area (Å²) in [7, 11) is -3.84. The molecule has 0 saturated heterocycles. The number of primary sulfonamides is 1. The molecule has 4 N–H and O–H groups in total. The maximum Gasteiger partial charge on any atom is 0.350 e. The van der Waals surface area contributed by atoms with Gasteiger partial charge < -0.3 is 10.6 Å². The van der Waals surface area contributed by atoms with Crippen LogP contribution >= 0.6 is 0 Å². The fourth-order valence-corrected chi connectivity index (χ4v) is 3.03. The Balaban J connectivity index is 1.51. The van der Waals surface area contributed by atoms with Gasteiger partial charge in [0.1, 0.15) is 0 Å². The third-order valence-corrected chi connectivity index (χ3v) is 4.65. The number of rotatable bonds is 6. The lowest BCUT2D eigenvalue weighted by molar-refractivity contribution is 0.251. The number of aromatic nitrogens is 3. The van der Waals surface area contributed by atoms with Crippen molar-refractivity contribution in [3.05, 3.63) is 59.1 Å². The first-order valence-electron chi connectivity index (χ1n) is 8.06. The molecule has 0 aliphatic carbocycles. The van der Waals surface area contributed by atoms with E-state index < -0.39 is 16.1 Å². The Labute approximate surface area is 154 Å². The van der Waals surface area contributed by atoms with Gasteiger partial charge >= 0.3 is 11.7 Å². The normalized spacial score (nSPS) is 11.4. The summed E-state index contributed by atoms with van der Waals surface area (Å²) >= 11 is 0. The Morgan fingerprint density at radius 3 is 2.74 bits per heavy atom. The molecule has 3 rings (SSSR count). The molecular weight excluding hydrogens is 372 g/mol. The molecule has 10 nitrogen and oxygen atoms in total. The van der Waals surface area contributed by atoms with E-state index >= 15 is 0 Å². The summed E-state index contributed by atoms with van der Waals surface area (Å²) < 4.78 is 25.4. The number of anilines is 1. The number of pyridine rings is 1. The van der Waals surface area contributed by atoms with Crippen molar-refractivity contribution in [3.63, 3.8) is 0 Å². The minimum absolute atomic E-state index is 0.0912. The largest absolute Gasteiger partial charge is 0.350 e. The van der Waals surface area contributed by atoms with Crippen molar-refractivity contribution < 1.29 is 13.2 Å². The van der Waals surface area contributed by atoms with Crippen LogP contribution in [-0.2, 0) is 16.6 Å². The molecule has 0 aliphatic rings. The highest BCUT2D eigenvalue weighted by molar-refractivity contribution is 7.89. The van der Waals surface area contributed by atoms with Crippen LogP contribution in [0, 0.1) is 0 Å². The van der Waals surface area contributed by atoms with Crippen LogP contribution in [0.2, 0.25) is 0 Å². The molecule has 0 unspecified atom stereocenters. The smallest absolute Gasteiger partial charge is 0.338 e. The zero-order chi connectivity index (χ0) is 19.4. The van der Waals surface area contributed by atoms with E-state index in [4.69, 9.17) is 5.14 Å². The number of nitrogens with zero attached hydrogens (tertiary/aromatic N) is 3. The molecule has 11 heteroatoms. The Kier molecular flexibility index (Phi) is 5.23. The van der Waals surface area contributed by atoms with Gasteiger partial charge in [0, 0.05) is 25.0 Å². The van der Waals surface area contributed by atoms with Crippen molar-refractivity contribution in [2.24, 2.45) is 5.14 Å². The van der Waals surface area contributed by atoms with E-state index in [1.54, 1.807) is 30.5 Å². The lowest BCUT2D eigenvalue weighted by Crippen LogP contribution is -2.31. The van der Waals surface area contributed by atoms with Gasteiger partial charge in [0.15, 0.2) is 5.65 Å². The number of carbonyl (C=O) groups excluding carboxylic acids is 1. The van der Waals surface area contributed by atoms with Crippen LogP contribution in [-0.4, -0.2) is 35.2 Å². The van der Waals surface area contributed by atoms with Gasteiger partial charge in [0.05, 0.1) is 4.90 Å². The number of carbonyl (C=O) groups is 1. The third kappa shape index (κ3) is 4.51. The number of nitrogens with one attached hydrogen (secondary N) is 2. The monoisotopic (exact) mass is 390 g/mol. The van der Waals surface area contributed by atoms with Crippen molar-refractivity contribution in [1.82, 2.24) is 19.5 Å². The summed E-state index contributed by atoms with van der Waals surface area (Å²) in [5.74, 6) is 0. The first kappa shape index (κ1) is 18.6. The molecule has 3 aromatic rings. The predicted octanol–water partition coefficient (Wildman–Crippen LogP) is 0.355. The minimum atomic E-state index is -3.84. The number of hydrogen-bond acceptors (Lipinski definition) is 5. The highest BCUT2D eigenvalue weighted by atomic mass is 32.2. The Morgan fingerprint density at radius 2 is 2.00 bits per heavy atom. The standard InChI is InChI=1S/C16H18N6O4S/c17-27(25,26)13-6-3-5-12(11-13)19-15(23)18-8-4-10-22-16(24)21-9-2-1-7-14(21)20-22/h1-3,5-7,9,11H,4,8,10H2,(H2,17,25,26)(H2,18,19,23). The Morgan fingerprint density at radius 1 is 1.19 bits per heavy atom. The molecule has 142 valence electrons. The molecule has 0 spiro atoms. The van der Waals surface area contributed by atoms with E-state index in [9.17, 15) is 18.0 Å². The molecule has 2 amide bonds. The van der Waals surface area contributed by atoms with Crippen molar-refractivity contribution in [3.8, 4) is 0 Å². The van der Waals surface area contributed by atoms with Gasteiger partial charge in [0.2, 0.25) is 10.0 Å². The van der Waals surface area contributed by atoms with Crippen molar-refractivity contribution >= 4 is 27.4 Å². The van der Waals surface area contributed by atoms with E-state index in [0.717, 1.165) is 0 Å². The van der Waals surface area contributed by atoms with E-state index in [1.807, 2.05) is 0 Å². The maximum atomic E-state index is 12.1. The first-order chi connectivity index (χ1) is 12.8. The summed E-state index contributed by atoms with van der Waals surface area (Å²) in [6, 6.07) is 10.4. The summed E-state index contributed by atoms with van der Waals surface area (Å²) in [4.78, 5) is 23.9. The van der Waals surface area contributed by atoms with Gasteiger partial charge in [-0.2, -0.15) is 0 Å². The molecule has 0 atom stereocenters. The third-order valence-electron chi connectivity index (χ3n) is 3.74. The van der Waals surface area contributed by atoms with Gasteiger partial charge in [-0.15, -0.1) is 5.10 Å². The number of nitrogens with two attached hydrogens (primary N) is 1. The minimum Gasteiger partial charge on any atom is -0.338 e. The van der Waals surface area contributed by atoms with Gasteiger partial charge in [-0.25, -0.2) is 27.8 Å². The van der Waals surface area contributed by atoms with Gasteiger partial charge in [-0.05, 0) is 36.8 Å². The number of amides is 2. The van der Waals surface area contributed by atoms with E-state index in [2.05, 4.69) is 15.7 Å². The van der Waals surface area contributed by atoms with Crippen LogP contribution in [0.15, 0.2) is 58.4 Å². The molecule has 0 fully saturated rings. The fourth-order valence-electron chi connectivity index (χ4n) is 2.47. The highest BCUT2D eigenvalue weighted by Gasteiger charge is 2.09. The molecule has 0 bridgehead atoms. The average Bonchev–Trinajstić information content (AvgIpc) is 2.95. The number of aryl methyl sites for hydroxylation is 1. The van der Waals surface area contributed by atoms with Gasteiger partial charge in [-0.3, -0.25) is 4.40 Å². The topological polar surface area (TPSA) is 141 Å². The van der Waals surface area contributed by atoms with Crippen molar-refractivity contribution in [2.75, 3.05) is 11.9 Å². The summed E-state index contributed by atoms with van der Waals surface area (Å²) in [5, 5.41) is 14.4. The van der Waals surface area contributed by atoms with Crippen molar-refractivity contribution in [2.45, 2.75) is 17.9 Å². The number of sulfonamides is 1. The lowest BCUT2D eigenvalue weighted by Gasteiger charge is -2.08. The molecule has 1 aromatic carbocycles. The molecule has 27 heavy (non-hydrogen) atoms. The second-order valence-electron chi connectivity index (χ2n) is 5.74. The molecule has 0 radical (unpaired) electrons. The van der Waals surface area contributed by atoms with E-state index in [1.165, 1.54) is 27.3 Å². The molecule has 2 heterocycles. The second kappa shape index (κ2) is 7.60. The Hall–Kier alpha value is -3.18. The number of hydrogen-bond donors (Lipinski definition) is 3. The summed E-state index contributed by atoms with van der Waals surface area (Å²) in [5.41, 5.74) is 0.619. The van der Waals surface area contributed by atoms with Crippen LogP contribution in [0.5, 0.6) is 0 Å². The number of urea groups is 1. The number of fused-ring (bicyclic) bond motifs is 1. The van der Waals surface area contributed by atoms with Gasteiger partial charge in [0.25, 0.3) is 0 Å². The zero-order valence-corrected chi connectivity index (χ0v) is 15.0. The first-order valence-corrected chi connectivity index (χ1v) is 9.61. The molecule has 2 aromatic heterocycles. The van der Waals surface area contributed by atoms with Crippen LogP contribution in [0.3, 0.4) is 0 Å². The van der Waals surface area contributed by atoms with Gasteiger partial charge in [-0.1, -0.05) is 12.1 Å². The fraction of sp³-hybridized carbons (Fsp3) is 0.188.